The van der Waals surface area contributed by atoms with E-state index in [2.05, 4.69) is 25.3 Å². The van der Waals surface area contributed by atoms with Crippen LogP contribution in [0, 0.1) is 6.92 Å². The molecular formula is C16H14N6O2. The second-order valence-corrected chi connectivity index (χ2v) is 5.42. The van der Waals surface area contributed by atoms with Crippen molar-refractivity contribution in [2.75, 3.05) is 11.9 Å². The van der Waals surface area contributed by atoms with Gasteiger partial charge in [0.2, 0.25) is 0 Å². The van der Waals surface area contributed by atoms with Crippen LogP contribution in [0.4, 0.5) is 5.82 Å². The zero-order valence-corrected chi connectivity index (χ0v) is 13.2. The lowest BCUT2D eigenvalue weighted by molar-refractivity contribution is 0.385. The van der Waals surface area contributed by atoms with Gasteiger partial charge < -0.3 is 13.9 Å². The average molecular weight is 322 g/mol. The van der Waals surface area contributed by atoms with E-state index in [1.54, 1.807) is 12.4 Å². The number of aryl methyl sites for hydroxylation is 1. The topological polar surface area (TPSA) is 94.0 Å². The lowest BCUT2D eigenvalue weighted by Gasteiger charge is -2.16. The van der Waals surface area contributed by atoms with Crippen LogP contribution < -0.4 is 4.90 Å². The number of hydrogen-bond donors (Lipinski definition) is 0. The quantitative estimate of drug-likeness (QED) is 0.566. The van der Waals surface area contributed by atoms with Crippen molar-refractivity contribution in [3.05, 3.63) is 48.4 Å². The van der Waals surface area contributed by atoms with E-state index >= 15 is 0 Å². The fourth-order valence-electron chi connectivity index (χ4n) is 2.54. The van der Waals surface area contributed by atoms with Gasteiger partial charge in [0.25, 0.3) is 5.71 Å². The fraction of sp³-hybridized carbons (Fsp3) is 0.188. The van der Waals surface area contributed by atoms with Gasteiger partial charge in [0.15, 0.2) is 5.76 Å². The summed E-state index contributed by atoms with van der Waals surface area (Å²) in [6.45, 7) is 2.37. The van der Waals surface area contributed by atoms with Gasteiger partial charge in [-0.05, 0) is 19.1 Å². The molecule has 4 aromatic rings. The number of fused-ring (bicyclic) bond motifs is 1. The van der Waals surface area contributed by atoms with Gasteiger partial charge in [0, 0.05) is 31.1 Å². The lowest BCUT2D eigenvalue weighted by atomic mass is 10.2. The van der Waals surface area contributed by atoms with Gasteiger partial charge in [0.1, 0.15) is 23.2 Å². The number of pyridine rings is 1. The zero-order chi connectivity index (χ0) is 16.5. The molecule has 4 rings (SSSR count). The summed E-state index contributed by atoms with van der Waals surface area (Å²) in [6.07, 6.45) is 4.93. The Hall–Kier alpha value is -3.29. The summed E-state index contributed by atoms with van der Waals surface area (Å²) in [7, 11) is 1.92. The highest BCUT2D eigenvalue weighted by Gasteiger charge is 2.17. The Morgan fingerprint density at radius 1 is 1.17 bits per heavy atom. The third-order valence-corrected chi connectivity index (χ3v) is 3.69. The fourth-order valence-corrected chi connectivity index (χ4v) is 2.54. The predicted molar refractivity (Wildman–Crippen MR) is 86.2 cm³/mol. The summed E-state index contributed by atoms with van der Waals surface area (Å²) in [5.74, 6) is 1.45. The molecule has 0 radical (unpaired) electrons. The smallest absolute Gasteiger partial charge is 0.263 e. The van der Waals surface area contributed by atoms with Crippen molar-refractivity contribution >= 4 is 16.9 Å². The van der Waals surface area contributed by atoms with E-state index in [1.165, 1.54) is 6.33 Å². The monoisotopic (exact) mass is 322 g/mol. The molecule has 0 unspecified atom stereocenters. The summed E-state index contributed by atoms with van der Waals surface area (Å²) in [6, 6.07) is 5.70. The standard InChI is InChI=1S/C16H14N6O2/c1-10-14-15(18-9-19-16(14)24-20-10)22(2)8-12-6-13(21-23-12)11-4-3-5-17-7-11/h3-7,9H,8H2,1-2H3. The Balaban J connectivity index is 1.61. The van der Waals surface area contributed by atoms with Crippen LogP contribution in [0.25, 0.3) is 22.4 Å². The molecule has 0 aliphatic rings. The molecular weight excluding hydrogens is 308 g/mol. The summed E-state index contributed by atoms with van der Waals surface area (Å²) < 4.78 is 10.6. The predicted octanol–water partition coefficient (Wildman–Crippen LogP) is 2.61. The van der Waals surface area contributed by atoms with Crippen molar-refractivity contribution in [3.8, 4) is 11.3 Å². The number of nitrogens with zero attached hydrogens (tertiary/aromatic N) is 6. The first-order valence-corrected chi connectivity index (χ1v) is 7.36. The minimum atomic E-state index is 0.470. The minimum absolute atomic E-state index is 0.470. The van der Waals surface area contributed by atoms with Crippen LogP contribution in [0.1, 0.15) is 11.5 Å². The summed E-state index contributed by atoms with van der Waals surface area (Å²) in [5.41, 5.74) is 2.88. The highest BCUT2D eigenvalue weighted by atomic mass is 16.5. The largest absolute Gasteiger partial charge is 0.359 e. The first kappa shape index (κ1) is 14.3. The Morgan fingerprint density at radius 2 is 2.08 bits per heavy atom. The number of hydrogen-bond acceptors (Lipinski definition) is 8. The van der Waals surface area contributed by atoms with Crippen LogP contribution in [0.5, 0.6) is 0 Å². The van der Waals surface area contributed by atoms with Crippen molar-refractivity contribution < 1.29 is 9.05 Å². The van der Waals surface area contributed by atoms with Crippen molar-refractivity contribution in [1.29, 1.82) is 0 Å². The molecule has 0 amide bonds. The average Bonchev–Trinajstić information content (AvgIpc) is 3.23. The molecule has 120 valence electrons. The van der Waals surface area contributed by atoms with Gasteiger partial charge >= 0.3 is 0 Å². The van der Waals surface area contributed by atoms with Gasteiger partial charge in [-0.2, -0.15) is 4.98 Å². The molecule has 0 saturated carbocycles. The SMILES string of the molecule is Cc1noc2ncnc(N(C)Cc3cc(-c4cccnc4)no3)c12. The number of rotatable bonds is 4. The van der Waals surface area contributed by atoms with E-state index in [9.17, 15) is 0 Å². The van der Waals surface area contributed by atoms with Gasteiger partial charge in [-0.15, -0.1) is 0 Å². The Labute approximate surface area is 137 Å². The van der Waals surface area contributed by atoms with E-state index in [1.807, 2.05) is 37.1 Å². The Bertz CT molecular complexity index is 979. The highest BCUT2D eigenvalue weighted by molar-refractivity contribution is 5.87. The molecule has 0 atom stereocenters. The number of anilines is 1. The molecule has 4 heterocycles. The third kappa shape index (κ3) is 2.47. The van der Waals surface area contributed by atoms with E-state index in [-0.39, 0.29) is 0 Å². The molecule has 0 aliphatic heterocycles. The molecule has 0 aliphatic carbocycles. The lowest BCUT2D eigenvalue weighted by Crippen LogP contribution is -2.17. The first-order chi connectivity index (χ1) is 11.7. The Morgan fingerprint density at radius 3 is 2.92 bits per heavy atom. The second-order valence-electron chi connectivity index (χ2n) is 5.42. The van der Waals surface area contributed by atoms with Crippen molar-refractivity contribution in [2.24, 2.45) is 0 Å². The molecule has 0 saturated heterocycles. The number of aromatic nitrogens is 5. The van der Waals surface area contributed by atoms with E-state index in [0.29, 0.717) is 12.3 Å². The molecule has 0 bridgehead atoms. The molecule has 8 heteroatoms. The molecule has 4 aromatic heterocycles. The maximum atomic E-state index is 5.43. The molecule has 0 fully saturated rings. The maximum Gasteiger partial charge on any atom is 0.263 e. The van der Waals surface area contributed by atoms with Gasteiger partial charge in [-0.1, -0.05) is 10.3 Å². The van der Waals surface area contributed by atoms with E-state index < -0.39 is 0 Å². The molecule has 8 nitrogen and oxygen atoms in total. The van der Waals surface area contributed by atoms with Crippen LogP contribution in [-0.2, 0) is 6.54 Å². The van der Waals surface area contributed by atoms with Crippen LogP contribution in [0.3, 0.4) is 0 Å². The maximum absolute atomic E-state index is 5.43. The molecule has 0 spiro atoms. The van der Waals surface area contributed by atoms with Gasteiger partial charge in [-0.3, -0.25) is 4.98 Å². The first-order valence-electron chi connectivity index (χ1n) is 7.36. The normalized spacial score (nSPS) is 11.1. The van der Waals surface area contributed by atoms with Crippen molar-refractivity contribution in [3.63, 3.8) is 0 Å². The minimum Gasteiger partial charge on any atom is -0.359 e. The van der Waals surface area contributed by atoms with Crippen LogP contribution >= 0.6 is 0 Å². The highest BCUT2D eigenvalue weighted by Crippen LogP contribution is 2.26. The van der Waals surface area contributed by atoms with Gasteiger partial charge in [0.05, 0.1) is 12.2 Å². The summed E-state index contributed by atoms with van der Waals surface area (Å²) in [4.78, 5) is 14.5. The van der Waals surface area contributed by atoms with Crippen LogP contribution in [0.15, 0.2) is 46.0 Å². The van der Waals surface area contributed by atoms with Gasteiger partial charge in [-0.25, -0.2) is 4.98 Å². The molecule has 0 aromatic carbocycles. The second kappa shape index (κ2) is 5.73. The zero-order valence-electron chi connectivity index (χ0n) is 13.2. The molecule has 24 heavy (non-hydrogen) atoms. The Kier molecular flexibility index (Phi) is 3.42. The van der Waals surface area contributed by atoms with Crippen molar-refractivity contribution in [2.45, 2.75) is 13.5 Å². The summed E-state index contributed by atoms with van der Waals surface area (Å²) in [5, 5.41) is 8.84. The molecule has 0 N–H and O–H groups in total. The van der Waals surface area contributed by atoms with Crippen LogP contribution in [-0.4, -0.2) is 32.3 Å². The van der Waals surface area contributed by atoms with Crippen LogP contribution in [0.2, 0.25) is 0 Å². The van der Waals surface area contributed by atoms with E-state index in [4.69, 9.17) is 9.05 Å². The third-order valence-electron chi connectivity index (χ3n) is 3.69. The van der Waals surface area contributed by atoms with Crippen molar-refractivity contribution in [1.82, 2.24) is 25.3 Å². The van der Waals surface area contributed by atoms with E-state index in [0.717, 1.165) is 33.9 Å². The summed E-state index contributed by atoms with van der Waals surface area (Å²) >= 11 is 0.